The van der Waals surface area contributed by atoms with Crippen LogP contribution in [0.3, 0.4) is 0 Å². The zero-order valence-electron chi connectivity index (χ0n) is 15.4. The molecular weight excluding hydrogens is 360 g/mol. The van der Waals surface area contributed by atoms with Crippen molar-refractivity contribution < 1.29 is 9.53 Å². The Morgan fingerprint density at radius 1 is 1.15 bits per heavy atom. The van der Waals surface area contributed by atoms with Crippen molar-refractivity contribution in [2.75, 3.05) is 20.2 Å². The highest BCUT2D eigenvalue weighted by Gasteiger charge is 2.24. The summed E-state index contributed by atoms with van der Waals surface area (Å²) in [6.07, 6.45) is 2.41. The number of aromatic amines is 1. The molecule has 1 fully saturated rings. The maximum absolute atomic E-state index is 12.6. The fourth-order valence-corrected chi connectivity index (χ4v) is 4.00. The summed E-state index contributed by atoms with van der Waals surface area (Å²) in [7, 11) is 1.64. The van der Waals surface area contributed by atoms with Gasteiger partial charge in [-0.2, -0.15) is 0 Å². The number of hydrogen-bond donors (Lipinski definition) is 1. The van der Waals surface area contributed by atoms with Crippen LogP contribution in [0.4, 0.5) is 0 Å². The Hall–Kier alpha value is -2.46. The molecular formula is C22H23ClN2O2. The molecule has 0 atom stereocenters. The van der Waals surface area contributed by atoms with Gasteiger partial charge in [0.2, 0.25) is 5.91 Å². The maximum Gasteiger partial charge on any atom is 0.226 e. The Kier molecular flexibility index (Phi) is 5.08. The number of benzene rings is 2. The number of halogens is 1. The molecule has 0 bridgehead atoms. The molecule has 1 aromatic heterocycles. The number of aromatic nitrogens is 1. The van der Waals surface area contributed by atoms with Gasteiger partial charge in [-0.3, -0.25) is 4.79 Å². The van der Waals surface area contributed by atoms with Crippen LogP contribution in [0.5, 0.6) is 5.75 Å². The first-order valence-corrected chi connectivity index (χ1v) is 9.69. The molecule has 2 aromatic carbocycles. The summed E-state index contributed by atoms with van der Waals surface area (Å²) in [6, 6.07) is 15.8. The molecule has 1 aliphatic heterocycles. The first kappa shape index (κ1) is 17.9. The lowest BCUT2D eigenvalue weighted by Gasteiger charge is -2.31. The minimum atomic E-state index is 0.196. The van der Waals surface area contributed by atoms with Crippen molar-refractivity contribution in [3.8, 4) is 5.75 Å². The topological polar surface area (TPSA) is 45.3 Å². The first-order valence-electron chi connectivity index (χ1n) is 9.31. The Morgan fingerprint density at radius 2 is 1.89 bits per heavy atom. The number of carbonyl (C=O) groups is 1. The van der Waals surface area contributed by atoms with Crippen molar-refractivity contribution in [1.82, 2.24) is 9.88 Å². The highest BCUT2D eigenvalue weighted by atomic mass is 35.5. The highest BCUT2D eigenvalue weighted by Crippen LogP contribution is 2.31. The molecule has 1 saturated heterocycles. The minimum absolute atomic E-state index is 0.196. The van der Waals surface area contributed by atoms with Gasteiger partial charge < -0.3 is 14.6 Å². The number of likely N-dealkylation sites (tertiary alicyclic amines) is 1. The SMILES string of the molecule is COc1ccc(CC(=O)N2CCC(c3cc4cc(Cl)ccc4[nH]3)CC2)cc1. The van der Waals surface area contributed by atoms with Gasteiger partial charge in [-0.1, -0.05) is 23.7 Å². The number of piperidine rings is 1. The average Bonchev–Trinajstić information content (AvgIpc) is 3.12. The van der Waals surface area contributed by atoms with Gasteiger partial charge in [0, 0.05) is 40.6 Å². The Balaban J connectivity index is 1.36. The highest BCUT2D eigenvalue weighted by molar-refractivity contribution is 6.31. The molecule has 3 aromatic rings. The van der Waals surface area contributed by atoms with E-state index in [-0.39, 0.29) is 5.91 Å². The number of rotatable bonds is 4. The van der Waals surface area contributed by atoms with Gasteiger partial charge in [0.15, 0.2) is 0 Å². The number of ether oxygens (including phenoxy) is 1. The van der Waals surface area contributed by atoms with Crippen LogP contribution in [0.1, 0.15) is 30.0 Å². The smallest absolute Gasteiger partial charge is 0.226 e. The number of amides is 1. The van der Waals surface area contributed by atoms with Crippen molar-refractivity contribution in [3.05, 3.63) is 64.8 Å². The second kappa shape index (κ2) is 7.65. The van der Waals surface area contributed by atoms with Gasteiger partial charge >= 0.3 is 0 Å². The number of H-pyrrole nitrogens is 1. The zero-order valence-corrected chi connectivity index (χ0v) is 16.1. The van der Waals surface area contributed by atoms with Crippen LogP contribution in [-0.4, -0.2) is 36.0 Å². The van der Waals surface area contributed by atoms with Crippen LogP contribution >= 0.6 is 11.6 Å². The summed E-state index contributed by atoms with van der Waals surface area (Å²) >= 11 is 6.09. The van der Waals surface area contributed by atoms with Gasteiger partial charge in [0.1, 0.15) is 5.75 Å². The van der Waals surface area contributed by atoms with E-state index in [1.54, 1.807) is 7.11 Å². The van der Waals surface area contributed by atoms with Gasteiger partial charge in [0.05, 0.1) is 13.5 Å². The summed E-state index contributed by atoms with van der Waals surface area (Å²) in [6.45, 7) is 1.60. The van der Waals surface area contributed by atoms with Crippen molar-refractivity contribution in [2.45, 2.75) is 25.2 Å². The van der Waals surface area contributed by atoms with E-state index in [1.165, 1.54) is 5.69 Å². The zero-order chi connectivity index (χ0) is 18.8. The van der Waals surface area contributed by atoms with E-state index in [9.17, 15) is 4.79 Å². The van der Waals surface area contributed by atoms with Gasteiger partial charge in [-0.05, 0) is 54.8 Å². The summed E-state index contributed by atoms with van der Waals surface area (Å²) < 4.78 is 5.17. The third-order valence-corrected chi connectivity index (χ3v) is 5.64. The largest absolute Gasteiger partial charge is 0.497 e. The van der Waals surface area contributed by atoms with Crippen molar-refractivity contribution in [1.29, 1.82) is 0 Å². The van der Waals surface area contributed by atoms with E-state index in [4.69, 9.17) is 16.3 Å². The molecule has 0 radical (unpaired) electrons. The summed E-state index contributed by atoms with van der Waals surface area (Å²) in [5.41, 5.74) is 3.39. The molecule has 27 heavy (non-hydrogen) atoms. The number of carbonyl (C=O) groups excluding carboxylic acids is 1. The molecule has 0 spiro atoms. The van der Waals surface area contributed by atoms with Gasteiger partial charge in [-0.15, -0.1) is 0 Å². The predicted octanol–water partition coefficient (Wildman–Crippen LogP) is 4.78. The molecule has 2 heterocycles. The number of nitrogens with zero attached hydrogens (tertiary/aromatic N) is 1. The van der Waals surface area contributed by atoms with E-state index in [0.29, 0.717) is 12.3 Å². The molecule has 140 valence electrons. The predicted molar refractivity (Wildman–Crippen MR) is 109 cm³/mol. The average molecular weight is 383 g/mol. The number of hydrogen-bond acceptors (Lipinski definition) is 2. The minimum Gasteiger partial charge on any atom is -0.497 e. The van der Waals surface area contributed by atoms with E-state index in [1.807, 2.05) is 47.4 Å². The molecule has 4 nitrogen and oxygen atoms in total. The Bertz CT molecular complexity index is 941. The quantitative estimate of drug-likeness (QED) is 0.705. The second-order valence-electron chi connectivity index (χ2n) is 7.14. The van der Waals surface area contributed by atoms with Crippen molar-refractivity contribution in [3.63, 3.8) is 0 Å². The lowest BCUT2D eigenvalue weighted by molar-refractivity contribution is -0.131. The van der Waals surface area contributed by atoms with Crippen LogP contribution in [0, 0.1) is 0 Å². The van der Waals surface area contributed by atoms with E-state index in [2.05, 4.69) is 11.1 Å². The lowest BCUT2D eigenvalue weighted by atomic mass is 9.93. The number of fused-ring (bicyclic) bond motifs is 1. The molecule has 4 rings (SSSR count). The van der Waals surface area contributed by atoms with E-state index in [0.717, 1.165) is 53.2 Å². The molecule has 0 unspecified atom stereocenters. The molecule has 0 saturated carbocycles. The summed E-state index contributed by atoms with van der Waals surface area (Å²) in [5, 5.41) is 1.91. The molecule has 1 aliphatic rings. The number of methoxy groups -OCH3 is 1. The maximum atomic E-state index is 12.6. The van der Waals surface area contributed by atoms with Crippen molar-refractivity contribution >= 4 is 28.4 Å². The lowest BCUT2D eigenvalue weighted by Crippen LogP contribution is -2.38. The van der Waals surface area contributed by atoms with E-state index < -0.39 is 0 Å². The molecule has 0 aliphatic carbocycles. The third kappa shape index (κ3) is 3.96. The van der Waals surface area contributed by atoms with Crippen LogP contribution in [0.2, 0.25) is 5.02 Å². The Labute approximate surface area is 164 Å². The van der Waals surface area contributed by atoms with Crippen molar-refractivity contribution in [2.24, 2.45) is 0 Å². The first-order chi connectivity index (χ1) is 13.1. The Morgan fingerprint density at radius 3 is 2.59 bits per heavy atom. The van der Waals surface area contributed by atoms with Gasteiger partial charge in [-0.25, -0.2) is 0 Å². The standard InChI is InChI=1S/C22H23ClN2O2/c1-27-19-5-2-15(3-6-19)12-22(26)25-10-8-16(9-11-25)21-14-17-13-18(23)4-7-20(17)24-21/h2-7,13-14,16,24H,8-12H2,1H3. The monoisotopic (exact) mass is 382 g/mol. The molecule has 1 amide bonds. The van der Waals surface area contributed by atoms with Crippen LogP contribution in [-0.2, 0) is 11.2 Å². The summed E-state index contributed by atoms with van der Waals surface area (Å²) in [5.74, 6) is 1.47. The molecule has 5 heteroatoms. The van der Waals surface area contributed by atoms with E-state index >= 15 is 0 Å². The summed E-state index contributed by atoms with van der Waals surface area (Å²) in [4.78, 5) is 18.1. The fraction of sp³-hybridized carbons (Fsp3) is 0.318. The van der Waals surface area contributed by atoms with Crippen LogP contribution < -0.4 is 4.74 Å². The molecule has 1 N–H and O–H groups in total. The second-order valence-corrected chi connectivity index (χ2v) is 7.57. The van der Waals surface area contributed by atoms with Gasteiger partial charge in [0.25, 0.3) is 0 Å². The fourth-order valence-electron chi connectivity index (χ4n) is 3.82. The third-order valence-electron chi connectivity index (χ3n) is 5.41. The number of nitrogens with one attached hydrogen (secondary N) is 1. The van der Waals surface area contributed by atoms with Crippen LogP contribution in [0.15, 0.2) is 48.5 Å². The van der Waals surface area contributed by atoms with Crippen LogP contribution in [0.25, 0.3) is 10.9 Å². The normalized spacial score (nSPS) is 15.3.